The molecule has 0 saturated carbocycles. The summed E-state index contributed by atoms with van der Waals surface area (Å²) in [6, 6.07) is 8.64. The van der Waals surface area contributed by atoms with Gasteiger partial charge in [-0.1, -0.05) is 32.1 Å². The average molecular weight is 394 g/mol. The summed E-state index contributed by atoms with van der Waals surface area (Å²) >= 11 is 0. The summed E-state index contributed by atoms with van der Waals surface area (Å²) in [6.07, 6.45) is 2.90. The fourth-order valence-corrected chi connectivity index (χ4v) is 4.83. The van der Waals surface area contributed by atoms with E-state index in [-0.39, 0.29) is 33.6 Å². The minimum atomic E-state index is -0.734. The number of rotatable bonds is 1. The van der Waals surface area contributed by atoms with E-state index in [1.54, 1.807) is 23.1 Å². The van der Waals surface area contributed by atoms with Crippen LogP contribution in [0.15, 0.2) is 42.0 Å². The van der Waals surface area contributed by atoms with Gasteiger partial charge in [0.2, 0.25) is 0 Å². The maximum absolute atomic E-state index is 14.1. The SMILES string of the molecule is CC1(C)C[C@]2(C=C(C#N)C1=O)CCN(C(=O)c1cccc3c(F)cc(F)cc13)C2. The zero-order chi connectivity index (χ0) is 21.0. The second-order valence-electron chi connectivity index (χ2n) is 8.69. The lowest BCUT2D eigenvalue weighted by atomic mass is 9.64. The van der Waals surface area contributed by atoms with Crippen LogP contribution in [-0.4, -0.2) is 29.7 Å². The van der Waals surface area contributed by atoms with E-state index in [9.17, 15) is 23.6 Å². The molecule has 6 heteroatoms. The van der Waals surface area contributed by atoms with Gasteiger partial charge in [0.15, 0.2) is 5.78 Å². The zero-order valence-corrected chi connectivity index (χ0v) is 16.3. The predicted octanol–water partition coefficient (Wildman–Crippen LogP) is 4.40. The first-order valence-corrected chi connectivity index (χ1v) is 9.51. The molecular weight excluding hydrogens is 374 g/mol. The third-order valence-electron chi connectivity index (χ3n) is 6.04. The average Bonchev–Trinajstić information content (AvgIpc) is 3.06. The number of ketones is 1. The number of fused-ring (bicyclic) bond motifs is 1. The Balaban J connectivity index is 1.70. The van der Waals surface area contributed by atoms with E-state index < -0.39 is 22.5 Å². The van der Waals surface area contributed by atoms with E-state index >= 15 is 0 Å². The number of hydrogen-bond donors (Lipinski definition) is 0. The summed E-state index contributed by atoms with van der Waals surface area (Å²) in [5.74, 6) is -1.92. The molecular formula is C23H20F2N2O2. The summed E-state index contributed by atoms with van der Waals surface area (Å²) in [5.41, 5.74) is -0.734. The zero-order valence-electron chi connectivity index (χ0n) is 16.3. The standard InChI is InChI=1S/C23H20F2N2O2/c1-22(2)12-23(10-14(11-26)20(22)28)6-7-27(13-23)21(29)17-5-3-4-16-18(17)8-15(24)9-19(16)25/h3-5,8-10H,6-7,12-13H2,1-2H3/t23-/m1/s1. The van der Waals surface area contributed by atoms with Crippen LogP contribution in [-0.2, 0) is 4.79 Å². The number of amides is 1. The van der Waals surface area contributed by atoms with Crippen LogP contribution in [0.25, 0.3) is 10.8 Å². The van der Waals surface area contributed by atoms with Crippen molar-refractivity contribution in [2.45, 2.75) is 26.7 Å². The number of benzene rings is 2. The van der Waals surface area contributed by atoms with Crippen molar-refractivity contribution in [1.82, 2.24) is 4.90 Å². The lowest BCUT2D eigenvalue weighted by Gasteiger charge is -2.38. The van der Waals surface area contributed by atoms with Gasteiger partial charge in [0, 0.05) is 46.3 Å². The number of Topliss-reactive ketones (excluding diaryl/α,β-unsaturated/α-hetero) is 1. The minimum Gasteiger partial charge on any atom is -0.338 e. The van der Waals surface area contributed by atoms with Crippen LogP contribution < -0.4 is 0 Å². The third kappa shape index (κ3) is 3.11. The second-order valence-corrected chi connectivity index (χ2v) is 8.69. The Morgan fingerprint density at radius 2 is 1.97 bits per heavy atom. The number of carbonyl (C=O) groups excluding carboxylic acids is 2. The third-order valence-corrected chi connectivity index (χ3v) is 6.04. The van der Waals surface area contributed by atoms with Gasteiger partial charge in [0.1, 0.15) is 17.7 Å². The molecule has 1 spiro atoms. The van der Waals surface area contributed by atoms with Gasteiger partial charge >= 0.3 is 0 Å². The second kappa shape index (κ2) is 6.48. The van der Waals surface area contributed by atoms with E-state index in [1.165, 1.54) is 12.1 Å². The quantitative estimate of drug-likeness (QED) is 0.720. The predicted molar refractivity (Wildman–Crippen MR) is 104 cm³/mol. The van der Waals surface area contributed by atoms with Gasteiger partial charge < -0.3 is 4.90 Å². The highest BCUT2D eigenvalue weighted by Crippen LogP contribution is 2.48. The molecule has 0 radical (unpaired) electrons. The van der Waals surface area contributed by atoms with Crippen LogP contribution in [0.4, 0.5) is 8.78 Å². The minimum absolute atomic E-state index is 0.143. The fraction of sp³-hybridized carbons (Fsp3) is 0.348. The smallest absolute Gasteiger partial charge is 0.254 e. The van der Waals surface area contributed by atoms with Crippen molar-refractivity contribution < 1.29 is 18.4 Å². The van der Waals surface area contributed by atoms with Crippen LogP contribution in [0, 0.1) is 33.8 Å². The van der Waals surface area contributed by atoms with Gasteiger partial charge in [0.05, 0.1) is 5.57 Å². The van der Waals surface area contributed by atoms with Gasteiger partial charge in [-0.25, -0.2) is 8.78 Å². The van der Waals surface area contributed by atoms with Gasteiger partial charge in [-0.05, 0) is 25.0 Å². The van der Waals surface area contributed by atoms with Gasteiger partial charge in [-0.2, -0.15) is 5.26 Å². The van der Waals surface area contributed by atoms with Crippen molar-refractivity contribution in [3.8, 4) is 6.07 Å². The highest BCUT2D eigenvalue weighted by molar-refractivity contribution is 6.07. The van der Waals surface area contributed by atoms with Gasteiger partial charge in [-0.3, -0.25) is 9.59 Å². The number of likely N-dealkylation sites (tertiary alicyclic amines) is 1. The van der Waals surface area contributed by atoms with Crippen LogP contribution in [0.5, 0.6) is 0 Å². The van der Waals surface area contributed by atoms with Crippen molar-refractivity contribution in [2.24, 2.45) is 10.8 Å². The van der Waals surface area contributed by atoms with Crippen LogP contribution in [0.3, 0.4) is 0 Å². The van der Waals surface area contributed by atoms with E-state index in [1.807, 2.05) is 19.9 Å². The highest BCUT2D eigenvalue weighted by Gasteiger charge is 2.49. The molecule has 0 bridgehead atoms. The fourth-order valence-electron chi connectivity index (χ4n) is 4.83. The van der Waals surface area contributed by atoms with Crippen LogP contribution in [0.1, 0.15) is 37.0 Å². The Bertz CT molecular complexity index is 1130. The van der Waals surface area contributed by atoms with E-state index in [4.69, 9.17) is 0 Å². The molecule has 1 atom stereocenters. The van der Waals surface area contributed by atoms with E-state index in [0.29, 0.717) is 25.9 Å². The molecule has 0 unspecified atom stereocenters. The Morgan fingerprint density at radius 3 is 2.69 bits per heavy atom. The molecule has 29 heavy (non-hydrogen) atoms. The van der Waals surface area contributed by atoms with Crippen LogP contribution >= 0.6 is 0 Å². The molecule has 1 aliphatic heterocycles. The summed E-state index contributed by atoms with van der Waals surface area (Å²) in [5, 5.41) is 9.81. The Hall–Kier alpha value is -3.07. The largest absolute Gasteiger partial charge is 0.338 e. The maximum atomic E-state index is 14.1. The molecule has 1 amide bonds. The first-order valence-electron chi connectivity index (χ1n) is 9.51. The number of allylic oxidation sites excluding steroid dienone is 1. The monoisotopic (exact) mass is 394 g/mol. The number of carbonyl (C=O) groups is 2. The van der Waals surface area contributed by atoms with Crippen molar-refractivity contribution in [3.05, 3.63) is 59.2 Å². The highest BCUT2D eigenvalue weighted by atomic mass is 19.1. The van der Waals surface area contributed by atoms with Crippen molar-refractivity contribution in [2.75, 3.05) is 13.1 Å². The summed E-state index contributed by atoms with van der Waals surface area (Å²) in [7, 11) is 0. The molecule has 2 aromatic carbocycles. The molecule has 0 aromatic heterocycles. The first kappa shape index (κ1) is 19.3. The van der Waals surface area contributed by atoms with Crippen molar-refractivity contribution >= 4 is 22.5 Å². The number of hydrogen-bond acceptors (Lipinski definition) is 3. The Labute approximate surface area is 167 Å². The number of nitrogens with zero attached hydrogens (tertiary/aromatic N) is 2. The molecule has 4 nitrogen and oxygen atoms in total. The maximum Gasteiger partial charge on any atom is 0.254 e. The lowest BCUT2D eigenvalue weighted by molar-refractivity contribution is -0.125. The first-order chi connectivity index (χ1) is 13.7. The summed E-state index contributed by atoms with van der Waals surface area (Å²) < 4.78 is 27.9. The Morgan fingerprint density at radius 1 is 1.21 bits per heavy atom. The van der Waals surface area contributed by atoms with E-state index in [0.717, 1.165) is 6.07 Å². The molecule has 2 aliphatic rings. The number of nitriles is 1. The lowest BCUT2D eigenvalue weighted by Crippen LogP contribution is -2.40. The van der Waals surface area contributed by atoms with Gasteiger partial charge in [0.25, 0.3) is 5.91 Å². The molecule has 4 rings (SSSR count). The van der Waals surface area contributed by atoms with Crippen LogP contribution in [0.2, 0.25) is 0 Å². The normalized spacial score (nSPS) is 23.3. The Kier molecular flexibility index (Phi) is 4.30. The van der Waals surface area contributed by atoms with E-state index in [2.05, 4.69) is 0 Å². The molecule has 1 saturated heterocycles. The van der Waals surface area contributed by atoms with Crippen molar-refractivity contribution in [1.29, 1.82) is 5.26 Å². The molecule has 1 heterocycles. The summed E-state index contributed by atoms with van der Waals surface area (Å²) in [6.45, 7) is 4.46. The molecule has 2 aromatic rings. The molecule has 148 valence electrons. The van der Waals surface area contributed by atoms with Crippen molar-refractivity contribution in [3.63, 3.8) is 0 Å². The molecule has 1 aliphatic carbocycles. The molecule has 0 N–H and O–H groups in total. The topological polar surface area (TPSA) is 61.2 Å². The summed E-state index contributed by atoms with van der Waals surface area (Å²) in [4.78, 5) is 27.3. The van der Waals surface area contributed by atoms with Gasteiger partial charge in [-0.15, -0.1) is 0 Å². The molecule has 1 fully saturated rings. The number of halogens is 2.